The van der Waals surface area contributed by atoms with Crippen LogP contribution in [0.25, 0.3) is 16.0 Å². The van der Waals surface area contributed by atoms with Crippen LogP contribution in [0.5, 0.6) is 0 Å². The third-order valence-electron chi connectivity index (χ3n) is 5.60. The number of aromatic nitrogens is 4. The Morgan fingerprint density at radius 1 is 1.25 bits per heavy atom. The zero-order valence-electron chi connectivity index (χ0n) is 17.8. The molecule has 0 aliphatic carbocycles. The molecule has 9 nitrogen and oxygen atoms in total. The van der Waals surface area contributed by atoms with Gasteiger partial charge in [-0.15, -0.1) is 16.4 Å². The minimum absolute atomic E-state index is 0.0953. The third-order valence-corrected chi connectivity index (χ3v) is 6.49. The number of nitrogens with zero attached hydrogens (tertiary/aromatic N) is 4. The van der Waals surface area contributed by atoms with Gasteiger partial charge in [-0.2, -0.15) is 0 Å². The molecule has 0 bridgehead atoms. The van der Waals surface area contributed by atoms with Crippen LogP contribution >= 0.6 is 11.3 Å². The first-order valence-electron chi connectivity index (χ1n) is 10.5. The van der Waals surface area contributed by atoms with Gasteiger partial charge in [0.1, 0.15) is 11.2 Å². The summed E-state index contributed by atoms with van der Waals surface area (Å²) in [5.41, 5.74) is 2.57. The summed E-state index contributed by atoms with van der Waals surface area (Å²) >= 11 is 1.29. The van der Waals surface area contributed by atoms with Crippen LogP contribution < -0.4 is 16.6 Å². The van der Waals surface area contributed by atoms with E-state index in [1.807, 2.05) is 32.0 Å². The van der Waals surface area contributed by atoms with Crippen molar-refractivity contribution in [1.29, 1.82) is 0 Å². The molecule has 4 aromatic rings. The minimum atomic E-state index is -0.458. The van der Waals surface area contributed by atoms with Crippen molar-refractivity contribution >= 4 is 38.9 Å². The maximum Gasteiger partial charge on any atom is 0.352 e. The minimum Gasteiger partial charge on any atom is -0.376 e. The summed E-state index contributed by atoms with van der Waals surface area (Å²) < 4.78 is 10.2. The Morgan fingerprint density at radius 3 is 2.75 bits per heavy atom. The topological polar surface area (TPSA) is 99.6 Å². The SMILES string of the molecule is Cc1cc(C)cc(NC(=O)Cn2nc3n(C[C@H]4CCCO4)c(=O)c4sccc4n3c2=O)c1. The van der Waals surface area contributed by atoms with Crippen molar-refractivity contribution in [1.82, 2.24) is 18.7 Å². The highest BCUT2D eigenvalue weighted by Gasteiger charge is 2.23. The van der Waals surface area contributed by atoms with Crippen LogP contribution in [-0.2, 0) is 22.6 Å². The van der Waals surface area contributed by atoms with Crippen molar-refractivity contribution in [2.75, 3.05) is 11.9 Å². The molecule has 0 radical (unpaired) electrons. The summed E-state index contributed by atoms with van der Waals surface area (Å²) in [5, 5.41) is 8.98. The van der Waals surface area contributed by atoms with E-state index in [0.717, 1.165) is 28.7 Å². The Labute approximate surface area is 186 Å². The quantitative estimate of drug-likeness (QED) is 0.500. The zero-order valence-corrected chi connectivity index (χ0v) is 18.6. The number of thiophene rings is 1. The monoisotopic (exact) mass is 453 g/mol. The standard InChI is InChI=1S/C22H23N5O4S/c1-13-8-14(2)10-15(9-13)23-18(28)12-26-22(30)27-17-5-7-32-19(17)20(29)25(21(27)24-26)11-16-4-3-6-31-16/h5,7-10,16H,3-4,6,11-12H2,1-2H3,(H,23,28)/t16-/m1/s1. The number of carbonyl (C=O) groups excluding carboxylic acids is 1. The maximum atomic E-state index is 13.2. The summed E-state index contributed by atoms with van der Waals surface area (Å²) in [6, 6.07) is 7.48. The Morgan fingerprint density at radius 2 is 2.03 bits per heavy atom. The van der Waals surface area contributed by atoms with E-state index >= 15 is 0 Å². The zero-order chi connectivity index (χ0) is 22.4. The van der Waals surface area contributed by atoms with Gasteiger partial charge in [0.25, 0.3) is 5.56 Å². The number of benzene rings is 1. The number of hydrogen-bond acceptors (Lipinski definition) is 6. The fourth-order valence-corrected chi connectivity index (χ4v) is 5.10. The molecule has 32 heavy (non-hydrogen) atoms. The second-order valence-electron chi connectivity index (χ2n) is 8.19. The first-order chi connectivity index (χ1) is 15.4. The molecule has 1 aliphatic heterocycles. The van der Waals surface area contributed by atoms with Gasteiger partial charge in [0.2, 0.25) is 11.7 Å². The summed E-state index contributed by atoms with van der Waals surface area (Å²) in [6.07, 6.45) is 1.70. The molecule has 1 amide bonds. The lowest BCUT2D eigenvalue weighted by Crippen LogP contribution is -2.30. The van der Waals surface area contributed by atoms with Crippen LogP contribution in [-0.4, -0.2) is 37.4 Å². The number of hydrogen-bond donors (Lipinski definition) is 1. The van der Waals surface area contributed by atoms with E-state index in [0.29, 0.717) is 29.1 Å². The van der Waals surface area contributed by atoms with Crippen LogP contribution in [0.15, 0.2) is 39.2 Å². The molecule has 1 N–H and O–H groups in total. The number of anilines is 1. The Kier molecular flexibility index (Phi) is 5.18. The van der Waals surface area contributed by atoms with Crippen LogP contribution in [0.4, 0.5) is 5.69 Å². The van der Waals surface area contributed by atoms with Crippen molar-refractivity contribution in [3.8, 4) is 0 Å². The Balaban J connectivity index is 1.54. The predicted molar refractivity (Wildman–Crippen MR) is 123 cm³/mol. The molecule has 1 aromatic carbocycles. The molecule has 1 fully saturated rings. The molecule has 1 aliphatic rings. The Hall–Kier alpha value is -3.24. The fraction of sp³-hybridized carbons (Fsp3) is 0.364. The van der Waals surface area contributed by atoms with Gasteiger partial charge in [0.05, 0.1) is 18.2 Å². The molecule has 0 saturated carbocycles. The van der Waals surface area contributed by atoms with E-state index in [9.17, 15) is 14.4 Å². The average Bonchev–Trinajstić information content (AvgIpc) is 3.46. The van der Waals surface area contributed by atoms with Gasteiger partial charge in [-0.25, -0.2) is 13.9 Å². The summed E-state index contributed by atoms with van der Waals surface area (Å²) in [4.78, 5) is 39.0. The van der Waals surface area contributed by atoms with Crippen LogP contribution in [0.2, 0.25) is 0 Å². The molecule has 1 atom stereocenters. The molecule has 166 valence electrons. The van der Waals surface area contributed by atoms with Crippen molar-refractivity contribution in [2.24, 2.45) is 0 Å². The predicted octanol–water partition coefficient (Wildman–Crippen LogP) is 2.31. The van der Waals surface area contributed by atoms with Gasteiger partial charge in [0, 0.05) is 12.3 Å². The largest absolute Gasteiger partial charge is 0.376 e. The number of rotatable bonds is 5. The highest BCUT2D eigenvalue weighted by atomic mass is 32.1. The number of carbonyl (C=O) groups is 1. The molecular formula is C22H23N5O4S. The molecule has 10 heteroatoms. The van der Waals surface area contributed by atoms with Gasteiger partial charge in [-0.1, -0.05) is 6.07 Å². The summed E-state index contributed by atoms with van der Waals surface area (Å²) in [5.74, 6) is -0.143. The second kappa shape index (κ2) is 8.03. The van der Waals surface area contributed by atoms with Crippen LogP contribution in [0, 0.1) is 13.8 Å². The van der Waals surface area contributed by atoms with Crippen molar-refractivity contribution in [3.63, 3.8) is 0 Å². The van der Waals surface area contributed by atoms with E-state index in [1.54, 1.807) is 11.4 Å². The van der Waals surface area contributed by atoms with E-state index < -0.39 is 5.69 Å². The van der Waals surface area contributed by atoms with Gasteiger partial charge in [0.15, 0.2) is 0 Å². The highest BCUT2D eigenvalue weighted by molar-refractivity contribution is 7.17. The van der Waals surface area contributed by atoms with Crippen molar-refractivity contribution in [3.05, 3.63) is 61.6 Å². The number of ether oxygens (including phenoxy) is 1. The molecule has 1 saturated heterocycles. The lowest BCUT2D eigenvalue weighted by molar-refractivity contribution is -0.117. The number of aryl methyl sites for hydroxylation is 2. The van der Waals surface area contributed by atoms with Gasteiger partial charge >= 0.3 is 5.69 Å². The van der Waals surface area contributed by atoms with Crippen LogP contribution in [0.1, 0.15) is 24.0 Å². The van der Waals surface area contributed by atoms with Gasteiger partial charge in [-0.05, 0) is 61.4 Å². The second-order valence-corrected chi connectivity index (χ2v) is 9.10. The molecular weight excluding hydrogens is 430 g/mol. The third kappa shape index (κ3) is 3.65. The molecule has 0 spiro atoms. The van der Waals surface area contributed by atoms with Gasteiger partial charge in [-0.3, -0.25) is 14.2 Å². The number of amides is 1. The van der Waals surface area contributed by atoms with E-state index in [4.69, 9.17) is 4.74 Å². The number of nitrogens with one attached hydrogen (secondary N) is 1. The first kappa shape index (κ1) is 20.7. The summed E-state index contributed by atoms with van der Waals surface area (Å²) in [7, 11) is 0. The van der Waals surface area contributed by atoms with E-state index in [-0.39, 0.29) is 29.9 Å². The molecule has 0 unspecified atom stereocenters. The van der Waals surface area contributed by atoms with E-state index in [1.165, 1.54) is 20.3 Å². The fourth-order valence-electron chi connectivity index (χ4n) is 4.28. The molecule has 3 aromatic heterocycles. The van der Waals surface area contributed by atoms with Crippen molar-refractivity contribution < 1.29 is 9.53 Å². The van der Waals surface area contributed by atoms with Gasteiger partial charge < -0.3 is 10.1 Å². The summed E-state index contributed by atoms with van der Waals surface area (Å²) in [6.45, 7) is 4.63. The van der Waals surface area contributed by atoms with E-state index in [2.05, 4.69) is 10.4 Å². The lowest BCUT2D eigenvalue weighted by atomic mass is 10.1. The van der Waals surface area contributed by atoms with Crippen molar-refractivity contribution in [2.45, 2.75) is 45.9 Å². The Bertz CT molecular complexity index is 1430. The normalized spacial score (nSPS) is 16.2. The highest BCUT2D eigenvalue weighted by Crippen LogP contribution is 2.19. The average molecular weight is 454 g/mol. The number of fused-ring (bicyclic) bond motifs is 3. The lowest BCUT2D eigenvalue weighted by Gasteiger charge is -2.12. The molecule has 4 heterocycles. The molecule has 5 rings (SSSR count). The maximum absolute atomic E-state index is 13.2. The van der Waals surface area contributed by atoms with Crippen LogP contribution in [0.3, 0.4) is 0 Å². The smallest absolute Gasteiger partial charge is 0.352 e. The first-order valence-corrected chi connectivity index (χ1v) is 11.4.